The van der Waals surface area contributed by atoms with E-state index in [4.69, 9.17) is 22.0 Å². The molecule has 5 nitrogen and oxygen atoms in total. The van der Waals surface area contributed by atoms with E-state index < -0.39 is 16.3 Å². The maximum atomic E-state index is 11.0. The van der Waals surface area contributed by atoms with Gasteiger partial charge in [-0.05, 0) is 36.1 Å². The fourth-order valence-corrected chi connectivity index (χ4v) is 3.10. The van der Waals surface area contributed by atoms with Gasteiger partial charge in [0.15, 0.2) is 0 Å². The molecular formula is C10H10ClN3O2S. The fourth-order valence-electron chi connectivity index (χ4n) is 2.10. The van der Waals surface area contributed by atoms with Gasteiger partial charge in [0.1, 0.15) is 0 Å². The van der Waals surface area contributed by atoms with Crippen LogP contribution in [0.5, 0.6) is 0 Å². The Bertz CT molecular complexity index is 607. The van der Waals surface area contributed by atoms with Crippen LogP contribution in [-0.4, -0.2) is 8.42 Å². The molecule has 1 aromatic rings. The summed E-state index contributed by atoms with van der Waals surface area (Å²) in [6.45, 7) is 0. The molecule has 0 aliphatic heterocycles. The molecule has 3 N–H and O–H groups in total. The van der Waals surface area contributed by atoms with Gasteiger partial charge < -0.3 is 0 Å². The van der Waals surface area contributed by atoms with Crippen molar-refractivity contribution in [3.05, 3.63) is 33.8 Å². The Morgan fingerprint density at radius 3 is 2.82 bits per heavy atom. The van der Waals surface area contributed by atoms with Crippen LogP contribution in [0.2, 0.25) is 5.02 Å². The number of rotatable bonds is 2. The Morgan fingerprint density at radius 1 is 1.53 bits per heavy atom. The topological polar surface area (TPSA) is 96.0 Å². The molecular weight excluding hydrogens is 262 g/mol. The van der Waals surface area contributed by atoms with E-state index in [9.17, 15) is 8.42 Å². The zero-order chi connectivity index (χ0) is 12.6. The molecule has 0 aromatic heterocycles. The van der Waals surface area contributed by atoms with Crippen LogP contribution in [0.4, 0.5) is 0 Å². The Kier molecular flexibility index (Phi) is 3.10. The first-order valence-corrected chi connectivity index (χ1v) is 6.85. The lowest BCUT2D eigenvalue weighted by atomic mass is 10.1. The van der Waals surface area contributed by atoms with Gasteiger partial charge in [0.25, 0.3) is 10.2 Å². The van der Waals surface area contributed by atoms with Gasteiger partial charge in [-0.15, -0.1) is 0 Å². The van der Waals surface area contributed by atoms with E-state index in [1.165, 1.54) is 6.07 Å². The van der Waals surface area contributed by atoms with E-state index in [0.717, 1.165) is 11.1 Å². The molecule has 0 amide bonds. The lowest BCUT2D eigenvalue weighted by molar-refractivity contribution is 0.556. The van der Waals surface area contributed by atoms with E-state index in [0.29, 0.717) is 23.4 Å². The third kappa shape index (κ3) is 2.58. The van der Waals surface area contributed by atoms with Gasteiger partial charge in [0.05, 0.1) is 11.6 Å². The number of benzene rings is 1. The van der Waals surface area contributed by atoms with Crippen molar-refractivity contribution in [3.63, 3.8) is 0 Å². The standard InChI is InChI=1S/C10H10ClN3O2S/c11-8-4-6(5-12)3-7-1-2-9(10(7)8)14-17(13,15)16/h3-4,9,14H,1-2H2,(H2,13,15,16)/t9-/m0/s1. The SMILES string of the molecule is N#Cc1cc(Cl)c2c(c1)CC[C@@H]2NS(N)(=O)=O. The number of aryl methyl sites for hydroxylation is 1. The first-order chi connectivity index (χ1) is 7.90. The van der Waals surface area contributed by atoms with E-state index in [-0.39, 0.29) is 0 Å². The summed E-state index contributed by atoms with van der Waals surface area (Å²) in [6, 6.07) is 4.87. The highest BCUT2D eigenvalue weighted by molar-refractivity contribution is 7.87. The molecule has 1 aliphatic rings. The van der Waals surface area contributed by atoms with Gasteiger partial charge in [-0.25, -0.2) is 5.14 Å². The summed E-state index contributed by atoms with van der Waals surface area (Å²) in [6.07, 6.45) is 1.28. The number of fused-ring (bicyclic) bond motifs is 1. The van der Waals surface area contributed by atoms with Crippen molar-refractivity contribution in [2.24, 2.45) is 5.14 Å². The van der Waals surface area contributed by atoms with Crippen LogP contribution in [0.3, 0.4) is 0 Å². The summed E-state index contributed by atoms with van der Waals surface area (Å²) in [7, 11) is -3.76. The van der Waals surface area contributed by atoms with E-state index in [1.54, 1.807) is 6.07 Å². The molecule has 0 bridgehead atoms. The number of nitriles is 1. The Labute approximate surface area is 104 Å². The lowest BCUT2D eigenvalue weighted by Gasteiger charge is -2.13. The van der Waals surface area contributed by atoms with Gasteiger partial charge in [0, 0.05) is 11.1 Å². The van der Waals surface area contributed by atoms with Crippen molar-refractivity contribution in [2.45, 2.75) is 18.9 Å². The highest BCUT2D eigenvalue weighted by Crippen LogP contribution is 2.37. The Balaban J connectivity index is 2.43. The summed E-state index contributed by atoms with van der Waals surface area (Å²) in [5, 5.41) is 14.2. The average molecular weight is 272 g/mol. The number of hydrogen-bond acceptors (Lipinski definition) is 3. The van der Waals surface area contributed by atoms with Crippen molar-refractivity contribution in [1.29, 1.82) is 5.26 Å². The van der Waals surface area contributed by atoms with E-state index >= 15 is 0 Å². The smallest absolute Gasteiger partial charge is 0.216 e. The molecule has 0 unspecified atom stereocenters. The number of nitrogens with zero attached hydrogens (tertiary/aromatic N) is 1. The molecule has 0 spiro atoms. The van der Waals surface area contributed by atoms with Crippen molar-refractivity contribution in [1.82, 2.24) is 4.72 Å². The molecule has 7 heteroatoms. The second kappa shape index (κ2) is 4.27. The average Bonchev–Trinajstić information content (AvgIpc) is 2.59. The fraction of sp³-hybridized carbons (Fsp3) is 0.300. The van der Waals surface area contributed by atoms with Crippen LogP contribution in [0.1, 0.15) is 29.2 Å². The minimum absolute atomic E-state index is 0.401. The van der Waals surface area contributed by atoms with Gasteiger partial charge in [-0.2, -0.15) is 18.4 Å². The Morgan fingerprint density at radius 2 is 2.24 bits per heavy atom. The van der Waals surface area contributed by atoms with Crippen LogP contribution in [0.25, 0.3) is 0 Å². The van der Waals surface area contributed by atoms with Crippen molar-refractivity contribution < 1.29 is 8.42 Å². The molecule has 0 saturated heterocycles. The predicted octanol–water partition coefficient (Wildman–Crippen LogP) is 0.992. The van der Waals surface area contributed by atoms with Gasteiger partial charge in [0.2, 0.25) is 0 Å². The second-order valence-corrected chi connectivity index (χ2v) is 5.63. The zero-order valence-electron chi connectivity index (χ0n) is 8.77. The van der Waals surface area contributed by atoms with Crippen LogP contribution in [-0.2, 0) is 16.6 Å². The number of halogens is 1. The summed E-state index contributed by atoms with van der Waals surface area (Å²) in [5.74, 6) is 0. The minimum atomic E-state index is -3.76. The first-order valence-electron chi connectivity index (χ1n) is 4.93. The van der Waals surface area contributed by atoms with Gasteiger partial charge in [-0.1, -0.05) is 11.6 Å². The van der Waals surface area contributed by atoms with Crippen LogP contribution in [0.15, 0.2) is 12.1 Å². The molecule has 0 saturated carbocycles. The van der Waals surface area contributed by atoms with Crippen molar-refractivity contribution >= 4 is 21.8 Å². The van der Waals surface area contributed by atoms with Gasteiger partial charge >= 0.3 is 0 Å². The maximum Gasteiger partial charge on any atom is 0.274 e. The van der Waals surface area contributed by atoms with Crippen LogP contribution in [0, 0.1) is 11.3 Å². The second-order valence-electron chi connectivity index (χ2n) is 3.90. The predicted molar refractivity (Wildman–Crippen MR) is 63.5 cm³/mol. The molecule has 1 atom stereocenters. The molecule has 0 heterocycles. The molecule has 0 fully saturated rings. The highest BCUT2D eigenvalue weighted by Gasteiger charge is 2.28. The third-order valence-electron chi connectivity index (χ3n) is 2.70. The zero-order valence-corrected chi connectivity index (χ0v) is 10.3. The molecule has 1 aromatic carbocycles. The van der Waals surface area contributed by atoms with E-state index in [2.05, 4.69) is 4.72 Å². The quantitative estimate of drug-likeness (QED) is 0.839. The summed E-state index contributed by atoms with van der Waals surface area (Å²) >= 11 is 6.05. The van der Waals surface area contributed by atoms with Crippen molar-refractivity contribution in [3.8, 4) is 6.07 Å². The van der Waals surface area contributed by atoms with Gasteiger partial charge in [-0.3, -0.25) is 0 Å². The number of nitrogens with two attached hydrogens (primary N) is 1. The molecule has 17 heavy (non-hydrogen) atoms. The first kappa shape index (κ1) is 12.3. The molecule has 2 rings (SSSR count). The largest absolute Gasteiger partial charge is 0.274 e. The molecule has 1 aliphatic carbocycles. The summed E-state index contributed by atoms with van der Waals surface area (Å²) in [5.41, 5.74) is 2.10. The van der Waals surface area contributed by atoms with E-state index in [1.807, 2.05) is 6.07 Å². The molecule has 90 valence electrons. The number of hydrogen-bond donors (Lipinski definition) is 2. The lowest BCUT2D eigenvalue weighted by Crippen LogP contribution is -2.33. The van der Waals surface area contributed by atoms with Crippen LogP contribution < -0.4 is 9.86 Å². The number of nitrogens with one attached hydrogen (secondary N) is 1. The maximum absolute atomic E-state index is 11.0. The highest BCUT2D eigenvalue weighted by atomic mass is 35.5. The monoisotopic (exact) mass is 271 g/mol. The minimum Gasteiger partial charge on any atom is -0.216 e. The Hall–Kier alpha value is -1.13. The summed E-state index contributed by atoms with van der Waals surface area (Å²) in [4.78, 5) is 0. The summed E-state index contributed by atoms with van der Waals surface area (Å²) < 4.78 is 24.3. The third-order valence-corrected chi connectivity index (χ3v) is 3.63. The van der Waals surface area contributed by atoms with Crippen LogP contribution >= 0.6 is 11.6 Å². The normalized spacial score (nSPS) is 18.8. The van der Waals surface area contributed by atoms with Crippen molar-refractivity contribution in [2.75, 3.05) is 0 Å². The molecule has 0 radical (unpaired) electrons.